The van der Waals surface area contributed by atoms with Crippen molar-refractivity contribution in [1.82, 2.24) is 14.4 Å². The van der Waals surface area contributed by atoms with Crippen LogP contribution >= 0.6 is 23.2 Å². The maximum atomic E-state index is 14.4. The Morgan fingerprint density at radius 3 is 2.67 bits per heavy atom. The highest BCUT2D eigenvalue weighted by Gasteiger charge is 2.49. The second kappa shape index (κ2) is 7.58. The van der Waals surface area contributed by atoms with Crippen molar-refractivity contribution in [2.45, 2.75) is 24.5 Å². The number of hydrogen-bond acceptors (Lipinski definition) is 5. The topological polar surface area (TPSA) is 68.7 Å². The van der Waals surface area contributed by atoms with Gasteiger partial charge in [-0.1, -0.05) is 35.3 Å². The fourth-order valence-corrected chi connectivity index (χ4v) is 5.38. The molecule has 0 bridgehead atoms. The Labute approximate surface area is 199 Å². The lowest BCUT2D eigenvalue weighted by Crippen LogP contribution is -2.51. The van der Waals surface area contributed by atoms with Gasteiger partial charge in [0, 0.05) is 43.9 Å². The number of piperidine rings is 1. The van der Waals surface area contributed by atoms with Crippen LogP contribution in [0.15, 0.2) is 55.0 Å². The number of benzene rings is 2. The van der Waals surface area contributed by atoms with Gasteiger partial charge in [-0.2, -0.15) is 0 Å². The zero-order chi connectivity index (χ0) is 22.7. The van der Waals surface area contributed by atoms with Crippen LogP contribution in [-0.4, -0.2) is 33.1 Å². The van der Waals surface area contributed by atoms with E-state index in [0.717, 1.165) is 16.9 Å². The highest BCUT2D eigenvalue weighted by Crippen LogP contribution is 2.48. The zero-order valence-corrected chi connectivity index (χ0v) is 19.0. The Morgan fingerprint density at radius 1 is 1.09 bits per heavy atom. The van der Waals surface area contributed by atoms with E-state index in [1.165, 1.54) is 6.07 Å². The molecule has 2 aromatic heterocycles. The van der Waals surface area contributed by atoms with Gasteiger partial charge in [-0.15, -0.1) is 0 Å². The van der Waals surface area contributed by atoms with Gasteiger partial charge in [-0.25, -0.2) is 14.4 Å². The van der Waals surface area contributed by atoms with E-state index in [0.29, 0.717) is 53.1 Å². The van der Waals surface area contributed by atoms with Crippen molar-refractivity contribution in [3.8, 4) is 17.1 Å². The summed E-state index contributed by atoms with van der Waals surface area (Å²) >= 11 is 12.7. The van der Waals surface area contributed by atoms with E-state index in [1.807, 2.05) is 22.7 Å². The summed E-state index contributed by atoms with van der Waals surface area (Å²) in [5.74, 6) is 1.76. The largest absolute Gasteiger partial charge is 0.485 e. The average Bonchev–Trinajstić information content (AvgIpc) is 3.36. The maximum Gasteiger partial charge on any atom is 0.154 e. The first-order valence-corrected chi connectivity index (χ1v) is 11.5. The molecule has 33 heavy (non-hydrogen) atoms. The van der Waals surface area contributed by atoms with Crippen LogP contribution in [0.5, 0.6) is 5.75 Å². The number of nitrogens with zero attached hydrogens (tertiary/aromatic N) is 4. The van der Waals surface area contributed by atoms with Gasteiger partial charge in [0.25, 0.3) is 0 Å². The number of rotatable bonds is 2. The molecule has 1 atom stereocenters. The standard InChI is InChI=1S/C24H20Cl2FN5O/c25-15-4-1-3-14(20(15)26)22-30-13-17-23(29-9-12-32(17)22)31-10-7-24(8-11-31)21(28)19-16(27)5-2-6-18(19)33-24/h1-6,9,12-13,21H,7-8,10-11,28H2. The molecule has 0 amide bonds. The molecule has 2 aliphatic rings. The molecule has 9 heteroatoms. The highest BCUT2D eigenvalue weighted by molar-refractivity contribution is 6.43. The summed E-state index contributed by atoms with van der Waals surface area (Å²) in [6, 6.07) is 9.88. The van der Waals surface area contributed by atoms with Crippen LogP contribution in [0.25, 0.3) is 16.9 Å². The number of nitrogens with two attached hydrogens (primary N) is 1. The van der Waals surface area contributed by atoms with E-state index >= 15 is 0 Å². The number of imidazole rings is 1. The molecule has 0 radical (unpaired) electrons. The first-order valence-electron chi connectivity index (χ1n) is 10.7. The van der Waals surface area contributed by atoms with Gasteiger partial charge < -0.3 is 15.4 Å². The minimum Gasteiger partial charge on any atom is -0.485 e. The smallest absolute Gasteiger partial charge is 0.154 e. The number of hydrogen-bond donors (Lipinski definition) is 1. The molecule has 1 fully saturated rings. The highest BCUT2D eigenvalue weighted by atomic mass is 35.5. The number of ether oxygens (including phenoxy) is 1. The van der Waals surface area contributed by atoms with Crippen molar-refractivity contribution in [3.05, 3.63) is 76.4 Å². The quantitative estimate of drug-likeness (QED) is 0.420. The predicted molar refractivity (Wildman–Crippen MR) is 127 cm³/mol. The summed E-state index contributed by atoms with van der Waals surface area (Å²) in [6.45, 7) is 1.35. The third-order valence-corrected chi connectivity index (χ3v) is 7.56. The SMILES string of the molecule is NC1c2c(F)cccc2OC12CCN(c1nccn3c(-c4cccc(Cl)c4Cl)ncc13)CC2. The summed E-state index contributed by atoms with van der Waals surface area (Å²) in [5.41, 5.74) is 7.98. The Kier molecular flexibility index (Phi) is 4.76. The van der Waals surface area contributed by atoms with Gasteiger partial charge in [0.05, 0.1) is 27.8 Å². The van der Waals surface area contributed by atoms with Crippen LogP contribution < -0.4 is 15.4 Å². The molecule has 1 spiro atoms. The van der Waals surface area contributed by atoms with Gasteiger partial charge in [0.1, 0.15) is 28.5 Å². The lowest BCUT2D eigenvalue weighted by Gasteiger charge is -2.41. The monoisotopic (exact) mass is 483 g/mol. The number of fused-ring (bicyclic) bond motifs is 2. The average molecular weight is 484 g/mol. The maximum absolute atomic E-state index is 14.4. The Balaban J connectivity index is 1.30. The first-order chi connectivity index (χ1) is 16.0. The zero-order valence-electron chi connectivity index (χ0n) is 17.5. The van der Waals surface area contributed by atoms with Crippen LogP contribution in [0, 0.1) is 5.82 Å². The molecule has 0 saturated carbocycles. The normalized spacial score (nSPS) is 19.2. The first kappa shape index (κ1) is 20.7. The van der Waals surface area contributed by atoms with Crippen molar-refractivity contribution in [2.75, 3.05) is 18.0 Å². The molecule has 4 heterocycles. The van der Waals surface area contributed by atoms with E-state index in [2.05, 4.69) is 14.9 Å². The van der Waals surface area contributed by atoms with Gasteiger partial charge in [-0.05, 0) is 24.3 Å². The number of anilines is 1. The van der Waals surface area contributed by atoms with Gasteiger partial charge in [0.15, 0.2) is 5.82 Å². The summed E-state index contributed by atoms with van der Waals surface area (Å²) in [6.07, 6.45) is 6.72. The summed E-state index contributed by atoms with van der Waals surface area (Å²) in [5, 5.41) is 0.941. The van der Waals surface area contributed by atoms with Gasteiger partial charge in [0.2, 0.25) is 0 Å². The van der Waals surface area contributed by atoms with Crippen LogP contribution in [0.4, 0.5) is 10.2 Å². The van der Waals surface area contributed by atoms with Crippen LogP contribution in [-0.2, 0) is 0 Å². The van der Waals surface area contributed by atoms with Crippen molar-refractivity contribution < 1.29 is 9.13 Å². The molecule has 168 valence electrons. The Morgan fingerprint density at radius 2 is 1.88 bits per heavy atom. The number of halogens is 3. The van der Waals surface area contributed by atoms with Crippen molar-refractivity contribution in [1.29, 1.82) is 0 Å². The van der Waals surface area contributed by atoms with Gasteiger partial charge in [-0.3, -0.25) is 4.40 Å². The molecule has 2 aromatic carbocycles. The van der Waals surface area contributed by atoms with E-state index in [1.54, 1.807) is 30.6 Å². The summed E-state index contributed by atoms with van der Waals surface area (Å²) < 4.78 is 22.6. The van der Waals surface area contributed by atoms with Crippen LogP contribution in [0.2, 0.25) is 10.0 Å². The third kappa shape index (κ3) is 3.10. The fourth-order valence-electron chi connectivity index (χ4n) is 5.00. The molecule has 1 saturated heterocycles. The molecule has 0 aliphatic carbocycles. The minimum absolute atomic E-state index is 0.308. The molecular formula is C24H20Cl2FN5O. The third-order valence-electron chi connectivity index (χ3n) is 6.74. The Bertz CT molecular complexity index is 1380. The van der Waals surface area contributed by atoms with Gasteiger partial charge >= 0.3 is 0 Å². The van der Waals surface area contributed by atoms with E-state index in [4.69, 9.17) is 33.7 Å². The lowest BCUT2D eigenvalue weighted by molar-refractivity contribution is 0.0429. The second-order valence-corrected chi connectivity index (χ2v) is 9.26. The van der Waals surface area contributed by atoms with Crippen molar-refractivity contribution in [2.24, 2.45) is 5.73 Å². The van der Waals surface area contributed by atoms with E-state index in [-0.39, 0.29) is 5.82 Å². The second-order valence-electron chi connectivity index (χ2n) is 8.47. The van der Waals surface area contributed by atoms with Crippen molar-refractivity contribution >= 4 is 34.5 Å². The minimum atomic E-state index is -0.605. The molecular weight excluding hydrogens is 464 g/mol. The molecule has 6 rings (SSSR count). The van der Waals surface area contributed by atoms with E-state index in [9.17, 15) is 4.39 Å². The van der Waals surface area contributed by atoms with Crippen LogP contribution in [0.3, 0.4) is 0 Å². The summed E-state index contributed by atoms with van der Waals surface area (Å²) in [4.78, 5) is 11.4. The molecule has 1 unspecified atom stereocenters. The van der Waals surface area contributed by atoms with Crippen molar-refractivity contribution in [3.63, 3.8) is 0 Å². The molecule has 2 N–H and O–H groups in total. The predicted octanol–water partition coefficient (Wildman–Crippen LogP) is 5.27. The molecule has 2 aliphatic heterocycles. The number of aromatic nitrogens is 3. The molecule has 4 aromatic rings. The van der Waals surface area contributed by atoms with Crippen LogP contribution in [0.1, 0.15) is 24.4 Å². The molecule has 6 nitrogen and oxygen atoms in total. The summed E-state index contributed by atoms with van der Waals surface area (Å²) in [7, 11) is 0. The fraction of sp³-hybridized carbons (Fsp3) is 0.250. The Hall–Kier alpha value is -2.87. The lowest BCUT2D eigenvalue weighted by atomic mass is 9.83. The van der Waals surface area contributed by atoms with E-state index < -0.39 is 11.6 Å².